The molecule has 1 rings (SSSR count). The normalized spacial score (nSPS) is 11.7. The number of carbonyl (C=O) groups is 2. The molecule has 1 N–H and O–H groups in total. The van der Waals surface area contributed by atoms with Crippen LogP contribution in [0.4, 0.5) is 0 Å². The van der Waals surface area contributed by atoms with Gasteiger partial charge in [0.05, 0.1) is 20.0 Å². The Hall–Kier alpha value is -1.36. The number of esters is 1. The monoisotopic (exact) mass is 313 g/mol. The Morgan fingerprint density at radius 1 is 1.33 bits per heavy atom. The minimum Gasteiger partial charge on any atom is -0.469 e. The van der Waals surface area contributed by atoms with E-state index in [0.29, 0.717) is 6.42 Å². The number of ether oxygens (including phenoxy) is 1. The number of rotatable bonds is 5. The number of carbonyl (C=O) groups excluding carboxylic acids is 2. The molecule has 1 aromatic carbocycles. The SMILES string of the molecule is COC(=O)CC(C)NC(=O)Cc1ccc(Br)cc1. The molecule has 1 unspecified atom stereocenters. The van der Waals surface area contributed by atoms with Gasteiger partial charge in [0.2, 0.25) is 5.91 Å². The van der Waals surface area contributed by atoms with Crippen LogP contribution in [0.15, 0.2) is 28.7 Å². The van der Waals surface area contributed by atoms with Crippen LogP contribution in [0, 0.1) is 0 Å². The van der Waals surface area contributed by atoms with Crippen molar-refractivity contribution >= 4 is 27.8 Å². The second-order valence-corrected chi connectivity index (χ2v) is 4.97. The largest absolute Gasteiger partial charge is 0.469 e. The molecule has 1 amide bonds. The van der Waals surface area contributed by atoms with Crippen LogP contribution in [0.2, 0.25) is 0 Å². The number of methoxy groups -OCH3 is 1. The molecule has 0 saturated heterocycles. The Balaban J connectivity index is 2.41. The summed E-state index contributed by atoms with van der Waals surface area (Å²) in [5, 5.41) is 2.76. The van der Waals surface area contributed by atoms with Gasteiger partial charge in [-0.15, -0.1) is 0 Å². The quantitative estimate of drug-likeness (QED) is 0.847. The average molecular weight is 314 g/mol. The van der Waals surface area contributed by atoms with Crippen LogP contribution in [0.5, 0.6) is 0 Å². The average Bonchev–Trinajstić information content (AvgIpc) is 2.31. The number of halogens is 1. The van der Waals surface area contributed by atoms with E-state index < -0.39 is 0 Å². The lowest BCUT2D eigenvalue weighted by atomic mass is 10.1. The number of benzene rings is 1. The van der Waals surface area contributed by atoms with Gasteiger partial charge < -0.3 is 10.1 Å². The molecule has 0 radical (unpaired) electrons. The first kappa shape index (κ1) is 14.7. The van der Waals surface area contributed by atoms with Crippen LogP contribution >= 0.6 is 15.9 Å². The predicted octanol–water partition coefficient (Wildman–Crippen LogP) is 2.06. The lowest BCUT2D eigenvalue weighted by molar-refractivity contribution is -0.141. The summed E-state index contributed by atoms with van der Waals surface area (Å²) in [4.78, 5) is 22.7. The van der Waals surface area contributed by atoms with E-state index in [1.54, 1.807) is 6.92 Å². The van der Waals surface area contributed by atoms with Crippen LogP contribution in [0.3, 0.4) is 0 Å². The summed E-state index contributed by atoms with van der Waals surface area (Å²) < 4.78 is 5.52. The molecule has 98 valence electrons. The zero-order chi connectivity index (χ0) is 13.5. The Morgan fingerprint density at radius 2 is 1.94 bits per heavy atom. The van der Waals surface area contributed by atoms with E-state index in [4.69, 9.17) is 0 Å². The number of nitrogens with one attached hydrogen (secondary N) is 1. The fourth-order valence-corrected chi connectivity index (χ4v) is 1.76. The zero-order valence-electron chi connectivity index (χ0n) is 10.4. The highest BCUT2D eigenvalue weighted by molar-refractivity contribution is 9.10. The van der Waals surface area contributed by atoms with Crippen molar-refractivity contribution < 1.29 is 14.3 Å². The summed E-state index contributed by atoms with van der Waals surface area (Å²) in [6.45, 7) is 1.77. The Kier molecular flexibility index (Phi) is 5.85. The first-order chi connectivity index (χ1) is 8.51. The van der Waals surface area contributed by atoms with E-state index in [1.807, 2.05) is 24.3 Å². The highest BCUT2D eigenvalue weighted by Gasteiger charge is 2.12. The van der Waals surface area contributed by atoms with E-state index in [9.17, 15) is 9.59 Å². The number of amides is 1. The van der Waals surface area contributed by atoms with Gasteiger partial charge in [-0.1, -0.05) is 28.1 Å². The molecule has 0 fully saturated rings. The third-order valence-corrected chi connectivity index (χ3v) is 2.91. The molecular weight excluding hydrogens is 298 g/mol. The van der Waals surface area contributed by atoms with Gasteiger partial charge in [0, 0.05) is 10.5 Å². The summed E-state index contributed by atoms with van der Waals surface area (Å²) in [6, 6.07) is 7.32. The second-order valence-electron chi connectivity index (χ2n) is 4.05. The highest BCUT2D eigenvalue weighted by Crippen LogP contribution is 2.10. The van der Waals surface area contributed by atoms with Crippen LogP contribution < -0.4 is 5.32 Å². The molecule has 0 aliphatic carbocycles. The standard InChI is InChI=1S/C13H16BrNO3/c1-9(7-13(17)18-2)15-12(16)8-10-3-5-11(14)6-4-10/h3-6,9H,7-8H2,1-2H3,(H,15,16). The Labute approximate surface area is 115 Å². The molecule has 1 aromatic rings. The molecule has 4 nitrogen and oxygen atoms in total. The van der Waals surface area contributed by atoms with Gasteiger partial charge in [0.1, 0.15) is 0 Å². The van der Waals surface area contributed by atoms with Crippen LogP contribution in [0.1, 0.15) is 18.9 Å². The van der Waals surface area contributed by atoms with Crippen molar-refractivity contribution in [3.05, 3.63) is 34.3 Å². The van der Waals surface area contributed by atoms with Crippen molar-refractivity contribution in [2.24, 2.45) is 0 Å². The molecule has 5 heteroatoms. The van der Waals surface area contributed by atoms with E-state index in [2.05, 4.69) is 26.0 Å². The summed E-state index contributed by atoms with van der Waals surface area (Å²) >= 11 is 3.34. The van der Waals surface area contributed by atoms with Crippen molar-refractivity contribution in [2.45, 2.75) is 25.8 Å². The maximum atomic E-state index is 11.7. The van der Waals surface area contributed by atoms with Crippen molar-refractivity contribution in [3.8, 4) is 0 Å². The van der Waals surface area contributed by atoms with E-state index in [0.717, 1.165) is 10.0 Å². The minimum atomic E-state index is -0.327. The van der Waals surface area contributed by atoms with Gasteiger partial charge in [-0.25, -0.2) is 0 Å². The maximum absolute atomic E-state index is 11.7. The molecule has 0 aliphatic rings. The Bertz CT molecular complexity index is 417. The third-order valence-electron chi connectivity index (χ3n) is 2.39. The molecule has 0 saturated carbocycles. The maximum Gasteiger partial charge on any atom is 0.307 e. The molecule has 0 aliphatic heterocycles. The van der Waals surface area contributed by atoms with Gasteiger partial charge in [-0.2, -0.15) is 0 Å². The van der Waals surface area contributed by atoms with Crippen molar-refractivity contribution in [2.75, 3.05) is 7.11 Å². The highest BCUT2D eigenvalue weighted by atomic mass is 79.9. The molecule has 1 atom stereocenters. The van der Waals surface area contributed by atoms with Gasteiger partial charge in [-0.05, 0) is 24.6 Å². The van der Waals surface area contributed by atoms with Gasteiger partial charge in [-0.3, -0.25) is 9.59 Å². The number of hydrogen-bond acceptors (Lipinski definition) is 3. The first-order valence-corrected chi connectivity index (χ1v) is 6.41. The fourth-order valence-electron chi connectivity index (χ4n) is 1.50. The van der Waals surface area contributed by atoms with E-state index in [-0.39, 0.29) is 24.3 Å². The Morgan fingerprint density at radius 3 is 2.50 bits per heavy atom. The molecule has 0 aromatic heterocycles. The molecule has 18 heavy (non-hydrogen) atoms. The zero-order valence-corrected chi connectivity index (χ0v) is 12.0. The lowest BCUT2D eigenvalue weighted by Crippen LogP contribution is -2.35. The first-order valence-electron chi connectivity index (χ1n) is 5.62. The second kappa shape index (κ2) is 7.16. The summed E-state index contributed by atoms with van der Waals surface area (Å²) in [5.41, 5.74) is 0.931. The topological polar surface area (TPSA) is 55.4 Å². The minimum absolute atomic E-state index is 0.103. The lowest BCUT2D eigenvalue weighted by Gasteiger charge is -2.12. The van der Waals surface area contributed by atoms with Crippen LogP contribution in [-0.4, -0.2) is 25.0 Å². The summed E-state index contributed by atoms with van der Waals surface area (Å²) in [7, 11) is 1.33. The number of hydrogen-bond donors (Lipinski definition) is 1. The van der Waals surface area contributed by atoms with Crippen molar-refractivity contribution in [1.82, 2.24) is 5.32 Å². The fraction of sp³-hybridized carbons (Fsp3) is 0.385. The molecular formula is C13H16BrNO3. The third kappa shape index (κ3) is 5.31. The smallest absolute Gasteiger partial charge is 0.307 e. The van der Waals surface area contributed by atoms with Crippen molar-refractivity contribution in [3.63, 3.8) is 0 Å². The van der Waals surface area contributed by atoms with Crippen molar-refractivity contribution in [1.29, 1.82) is 0 Å². The summed E-state index contributed by atoms with van der Waals surface area (Å²) in [5.74, 6) is -0.430. The van der Waals surface area contributed by atoms with E-state index in [1.165, 1.54) is 7.11 Å². The van der Waals surface area contributed by atoms with Gasteiger partial charge >= 0.3 is 5.97 Å². The van der Waals surface area contributed by atoms with Crippen LogP contribution in [0.25, 0.3) is 0 Å². The van der Waals surface area contributed by atoms with Crippen LogP contribution in [-0.2, 0) is 20.7 Å². The van der Waals surface area contributed by atoms with E-state index >= 15 is 0 Å². The predicted molar refractivity (Wildman–Crippen MR) is 72.1 cm³/mol. The summed E-state index contributed by atoms with van der Waals surface area (Å²) in [6.07, 6.45) is 0.487. The molecule has 0 spiro atoms. The van der Waals surface area contributed by atoms with Gasteiger partial charge in [0.25, 0.3) is 0 Å². The molecule has 0 bridgehead atoms. The molecule has 0 heterocycles. The van der Waals surface area contributed by atoms with Gasteiger partial charge in [0.15, 0.2) is 0 Å².